The monoisotopic (exact) mass is 351 g/mol. The lowest BCUT2D eigenvalue weighted by Crippen LogP contribution is -2.46. The van der Waals surface area contributed by atoms with Crippen LogP contribution in [0.4, 0.5) is 11.6 Å². The van der Waals surface area contributed by atoms with Gasteiger partial charge >= 0.3 is 0 Å². The first-order chi connectivity index (χ1) is 12.5. The van der Waals surface area contributed by atoms with Gasteiger partial charge in [0.2, 0.25) is 5.91 Å². The molecule has 136 valence electrons. The molecule has 3 heterocycles. The molecule has 0 spiro atoms. The number of carbonyl (C=O) groups excluding carboxylic acids is 1. The summed E-state index contributed by atoms with van der Waals surface area (Å²) < 4.78 is 0. The zero-order chi connectivity index (χ0) is 18.3. The summed E-state index contributed by atoms with van der Waals surface area (Å²) in [5.41, 5.74) is 1.37. The van der Waals surface area contributed by atoms with Crippen LogP contribution >= 0.6 is 0 Å². The van der Waals surface area contributed by atoms with Gasteiger partial charge in [0.1, 0.15) is 5.82 Å². The fourth-order valence-corrected chi connectivity index (χ4v) is 4.03. The molecule has 2 aromatic heterocycles. The van der Waals surface area contributed by atoms with Crippen LogP contribution in [0, 0.1) is 6.92 Å². The number of hydrogen-bond acceptors (Lipinski definition) is 5. The number of nitrogens with zero attached hydrogens (tertiary/aromatic N) is 4. The first-order valence-electron chi connectivity index (χ1n) is 9.31. The highest BCUT2D eigenvalue weighted by atomic mass is 16.2. The van der Waals surface area contributed by atoms with Crippen LogP contribution < -0.4 is 10.2 Å². The van der Waals surface area contributed by atoms with Crippen LogP contribution in [0.5, 0.6) is 0 Å². The summed E-state index contributed by atoms with van der Waals surface area (Å²) in [7, 11) is 0. The molecule has 1 aliphatic heterocycles. The van der Waals surface area contributed by atoms with Crippen LogP contribution in [0.3, 0.4) is 0 Å². The van der Waals surface area contributed by atoms with Gasteiger partial charge in [-0.3, -0.25) is 14.7 Å². The van der Waals surface area contributed by atoms with E-state index >= 15 is 0 Å². The molecule has 26 heavy (non-hydrogen) atoms. The Morgan fingerprint density at radius 2 is 1.81 bits per heavy atom. The van der Waals surface area contributed by atoms with Gasteiger partial charge in [-0.25, -0.2) is 9.97 Å². The maximum Gasteiger partial charge on any atom is 0.240 e. The lowest BCUT2D eigenvalue weighted by molar-refractivity contribution is -0.122. The second-order valence-electron chi connectivity index (χ2n) is 7.90. The van der Waals surface area contributed by atoms with E-state index in [2.05, 4.69) is 26.3 Å². The molecule has 0 unspecified atom stereocenters. The second kappa shape index (κ2) is 6.34. The predicted octanol–water partition coefficient (Wildman–Crippen LogP) is 3.23. The maximum atomic E-state index is 13.0. The Labute approximate surface area is 154 Å². The van der Waals surface area contributed by atoms with Gasteiger partial charge in [-0.2, -0.15) is 0 Å². The smallest absolute Gasteiger partial charge is 0.240 e. The average Bonchev–Trinajstić information content (AvgIpc) is 2.85. The normalized spacial score (nSPS) is 24.4. The minimum absolute atomic E-state index is 0.121. The number of anilines is 2. The number of nitrogens with one attached hydrogen (secondary N) is 1. The number of carbonyl (C=O) groups is 1. The Kier molecular flexibility index (Phi) is 4.13. The van der Waals surface area contributed by atoms with E-state index in [9.17, 15) is 4.79 Å². The quantitative estimate of drug-likeness (QED) is 0.919. The van der Waals surface area contributed by atoms with Crippen molar-refractivity contribution in [2.75, 3.05) is 10.2 Å². The molecule has 1 saturated carbocycles. The number of aryl methyl sites for hydroxylation is 1. The van der Waals surface area contributed by atoms with Crippen molar-refractivity contribution in [3.05, 3.63) is 42.0 Å². The van der Waals surface area contributed by atoms with E-state index in [1.165, 1.54) is 0 Å². The van der Waals surface area contributed by atoms with Crippen molar-refractivity contribution in [2.24, 2.45) is 0 Å². The van der Waals surface area contributed by atoms with Crippen LogP contribution in [-0.2, 0) is 10.2 Å². The highest BCUT2D eigenvalue weighted by Crippen LogP contribution is 2.42. The van der Waals surface area contributed by atoms with Crippen LogP contribution in [0.25, 0.3) is 0 Å². The molecule has 0 radical (unpaired) electrons. The van der Waals surface area contributed by atoms with Crippen LogP contribution in [-0.4, -0.2) is 32.9 Å². The maximum absolute atomic E-state index is 13.0. The zero-order valence-electron chi connectivity index (χ0n) is 15.6. The highest BCUT2D eigenvalue weighted by molar-refractivity contribution is 6.06. The molecular formula is C20H25N5O. The molecule has 0 aromatic carbocycles. The fraction of sp³-hybridized carbons (Fsp3) is 0.500. The summed E-state index contributed by atoms with van der Waals surface area (Å²) in [6, 6.07) is 4.69. The van der Waals surface area contributed by atoms with Gasteiger partial charge in [-0.15, -0.1) is 0 Å². The molecule has 6 nitrogen and oxygen atoms in total. The third-order valence-electron chi connectivity index (χ3n) is 5.58. The van der Waals surface area contributed by atoms with Crippen molar-refractivity contribution in [1.29, 1.82) is 0 Å². The summed E-state index contributed by atoms with van der Waals surface area (Å²) in [4.78, 5) is 28.3. The first kappa shape index (κ1) is 16.9. The standard InChI is InChI=1S/C20H25N5O/c1-13-4-9-16(23-12-13)24-14-5-7-15(8-6-14)25-18-17(21-10-11-22-18)20(2,3)19(25)26/h4,9-12,14-15H,5-8H2,1-3H3,(H,23,24). The van der Waals surface area contributed by atoms with E-state index < -0.39 is 5.41 Å². The van der Waals surface area contributed by atoms with E-state index in [1.54, 1.807) is 12.4 Å². The zero-order valence-corrected chi connectivity index (χ0v) is 15.6. The molecule has 1 amide bonds. The highest BCUT2D eigenvalue weighted by Gasteiger charge is 2.49. The lowest BCUT2D eigenvalue weighted by Gasteiger charge is -2.35. The molecule has 2 aliphatic rings. The number of rotatable bonds is 3. The molecular weight excluding hydrogens is 326 g/mol. The Hall–Kier alpha value is -2.50. The molecule has 4 rings (SSSR count). The summed E-state index contributed by atoms with van der Waals surface area (Å²) in [6.45, 7) is 5.93. The van der Waals surface area contributed by atoms with Crippen molar-refractivity contribution >= 4 is 17.5 Å². The second-order valence-corrected chi connectivity index (χ2v) is 7.90. The Bertz CT molecular complexity index is 809. The van der Waals surface area contributed by atoms with E-state index in [-0.39, 0.29) is 11.9 Å². The molecule has 1 fully saturated rings. The third kappa shape index (κ3) is 2.83. The Morgan fingerprint density at radius 3 is 2.50 bits per heavy atom. The van der Waals surface area contributed by atoms with Crippen molar-refractivity contribution in [1.82, 2.24) is 15.0 Å². The van der Waals surface area contributed by atoms with Crippen molar-refractivity contribution in [2.45, 2.75) is 64.0 Å². The van der Waals surface area contributed by atoms with Gasteiger partial charge < -0.3 is 5.32 Å². The number of hydrogen-bond donors (Lipinski definition) is 1. The minimum Gasteiger partial charge on any atom is -0.367 e. The van der Waals surface area contributed by atoms with E-state index in [0.29, 0.717) is 6.04 Å². The molecule has 1 N–H and O–H groups in total. The average molecular weight is 351 g/mol. The van der Waals surface area contributed by atoms with Crippen molar-refractivity contribution < 1.29 is 4.79 Å². The van der Waals surface area contributed by atoms with Crippen LogP contribution in [0.15, 0.2) is 30.7 Å². The van der Waals surface area contributed by atoms with Crippen LogP contribution in [0.1, 0.15) is 50.8 Å². The molecule has 6 heteroatoms. The van der Waals surface area contributed by atoms with Crippen molar-refractivity contribution in [3.8, 4) is 0 Å². The van der Waals surface area contributed by atoms with Crippen LogP contribution in [0.2, 0.25) is 0 Å². The SMILES string of the molecule is Cc1ccc(NC2CCC(N3C(=O)C(C)(C)c4nccnc43)CC2)nc1. The van der Waals surface area contributed by atoms with Gasteiger partial charge in [0.15, 0.2) is 5.82 Å². The van der Waals surface area contributed by atoms with Gasteiger partial charge in [-0.1, -0.05) is 6.07 Å². The summed E-state index contributed by atoms with van der Waals surface area (Å²) >= 11 is 0. The lowest BCUT2D eigenvalue weighted by atomic mass is 9.88. The fourth-order valence-electron chi connectivity index (χ4n) is 4.03. The number of aromatic nitrogens is 3. The Balaban J connectivity index is 1.45. The van der Waals surface area contributed by atoms with E-state index in [4.69, 9.17) is 0 Å². The molecule has 2 aromatic rings. The van der Waals surface area contributed by atoms with Gasteiger partial charge in [0.25, 0.3) is 0 Å². The van der Waals surface area contributed by atoms with Crippen molar-refractivity contribution in [3.63, 3.8) is 0 Å². The number of fused-ring (bicyclic) bond motifs is 1. The molecule has 1 aliphatic carbocycles. The van der Waals surface area contributed by atoms with Gasteiger partial charge in [0, 0.05) is 30.7 Å². The summed E-state index contributed by atoms with van der Waals surface area (Å²) in [5.74, 6) is 1.79. The summed E-state index contributed by atoms with van der Waals surface area (Å²) in [5, 5.41) is 3.52. The van der Waals surface area contributed by atoms with E-state index in [1.807, 2.05) is 37.9 Å². The molecule has 0 atom stereocenters. The first-order valence-corrected chi connectivity index (χ1v) is 9.31. The number of pyridine rings is 1. The molecule has 0 saturated heterocycles. The third-order valence-corrected chi connectivity index (χ3v) is 5.58. The van der Waals surface area contributed by atoms with Gasteiger partial charge in [-0.05, 0) is 58.1 Å². The Morgan fingerprint density at radius 1 is 1.08 bits per heavy atom. The largest absolute Gasteiger partial charge is 0.367 e. The number of amides is 1. The van der Waals surface area contributed by atoms with E-state index in [0.717, 1.165) is 48.6 Å². The van der Waals surface area contributed by atoms with Gasteiger partial charge in [0.05, 0.1) is 11.1 Å². The predicted molar refractivity (Wildman–Crippen MR) is 101 cm³/mol. The molecule has 0 bridgehead atoms. The minimum atomic E-state index is -0.593. The topological polar surface area (TPSA) is 71.0 Å². The summed E-state index contributed by atoms with van der Waals surface area (Å²) in [6.07, 6.45) is 9.18.